The molecule has 1 aromatic heterocycles. The molecular weight excluding hydrogens is 216 g/mol. The summed E-state index contributed by atoms with van der Waals surface area (Å²) in [5.74, 6) is 1.69. The number of nitrogens with zero attached hydrogens (tertiary/aromatic N) is 3. The Balaban J connectivity index is 2.05. The molecule has 94 valence electrons. The topological polar surface area (TPSA) is 50.3 Å². The van der Waals surface area contributed by atoms with Crippen molar-refractivity contribution in [2.75, 3.05) is 36.5 Å². The summed E-state index contributed by atoms with van der Waals surface area (Å²) >= 11 is 0. The van der Waals surface area contributed by atoms with Gasteiger partial charge in [-0.3, -0.25) is 0 Å². The number of hydrogen-bond acceptors (Lipinski definition) is 5. The third-order valence-corrected chi connectivity index (χ3v) is 2.96. The second-order valence-electron chi connectivity index (χ2n) is 4.29. The lowest BCUT2D eigenvalue weighted by atomic mass is 10.3. The second kappa shape index (κ2) is 5.82. The molecule has 0 radical (unpaired) electrons. The van der Waals surface area contributed by atoms with E-state index in [1.165, 1.54) is 0 Å². The minimum atomic E-state index is 0.398. The van der Waals surface area contributed by atoms with Crippen LogP contribution >= 0.6 is 0 Å². The number of anilines is 2. The van der Waals surface area contributed by atoms with E-state index in [9.17, 15) is 0 Å². The fourth-order valence-electron chi connectivity index (χ4n) is 1.71. The molecular formula is C12H20N4O. The summed E-state index contributed by atoms with van der Waals surface area (Å²) in [5.41, 5.74) is 0. The van der Waals surface area contributed by atoms with E-state index >= 15 is 0 Å². The summed E-state index contributed by atoms with van der Waals surface area (Å²) in [5, 5.41) is 3.29. The Kier molecular flexibility index (Phi) is 4.14. The van der Waals surface area contributed by atoms with Crippen LogP contribution in [0.15, 0.2) is 12.3 Å². The van der Waals surface area contributed by atoms with Crippen molar-refractivity contribution < 1.29 is 4.74 Å². The van der Waals surface area contributed by atoms with Gasteiger partial charge in [0.15, 0.2) is 0 Å². The fourth-order valence-corrected chi connectivity index (χ4v) is 1.71. The zero-order valence-electron chi connectivity index (χ0n) is 10.5. The first kappa shape index (κ1) is 12.1. The Labute approximate surface area is 102 Å². The summed E-state index contributed by atoms with van der Waals surface area (Å²) in [4.78, 5) is 11.0. The van der Waals surface area contributed by atoms with E-state index in [4.69, 9.17) is 4.74 Å². The van der Waals surface area contributed by atoms with Crippen LogP contribution in [0.4, 0.5) is 11.8 Å². The van der Waals surface area contributed by atoms with Crippen LogP contribution in [0.25, 0.3) is 0 Å². The lowest BCUT2D eigenvalue weighted by molar-refractivity contribution is 0.122. The molecule has 1 atom stereocenters. The van der Waals surface area contributed by atoms with E-state index < -0.39 is 0 Å². The smallest absolute Gasteiger partial charge is 0.224 e. The molecule has 0 spiro atoms. The van der Waals surface area contributed by atoms with Crippen molar-refractivity contribution in [3.63, 3.8) is 0 Å². The van der Waals surface area contributed by atoms with Crippen LogP contribution in [0.2, 0.25) is 0 Å². The molecule has 5 heteroatoms. The monoisotopic (exact) mass is 236 g/mol. The van der Waals surface area contributed by atoms with Crippen LogP contribution in [0.1, 0.15) is 20.3 Å². The number of ether oxygens (including phenoxy) is 1. The molecule has 0 saturated carbocycles. The number of hydrogen-bond donors (Lipinski definition) is 1. The van der Waals surface area contributed by atoms with Crippen LogP contribution in [-0.2, 0) is 4.74 Å². The number of rotatable bonds is 4. The normalized spacial score (nSPS) is 17.9. The second-order valence-corrected chi connectivity index (χ2v) is 4.29. The molecule has 5 nitrogen and oxygen atoms in total. The molecule has 0 amide bonds. The molecule has 1 aliphatic rings. The molecule has 1 fully saturated rings. The van der Waals surface area contributed by atoms with E-state index in [1.807, 2.05) is 12.3 Å². The Morgan fingerprint density at radius 2 is 2.24 bits per heavy atom. The average molecular weight is 236 g/mol. The fraction of sp³-hybridized carbons (Fsp3) is 0.667. The molecule has 0 bridgehead atoms. The molecule has 0 aromatic carbocycles. The Bertz CT molecular complexity index is 352. The number of nitrogens with one attached hydrogen (secondary N) is 1. The van der Waals surface area contributed by atoms with Gasteiger partial charge < -0.3 is 15.0 Å². The maximum atomic E-state index is 5.33. The predicted molar refractivity (Wildman–Crippen MR) is 68.4 cm³/mol. The molecule has 1 N–H and O–H groups in total. The van der Waals surface area contributed by atoms with Crippen molar-refractivity contribution in [3.8, 4) is 0 Å². The van der Waals surface area contributed by atoms with E-state index in [-0.39, 0.29) is 0 Å². The third-order valence-electron chi connectivity index (χ3n) is 2.96. The SMILES string of the molecule is CCC(C)Nc1nccc(N2CCOCC2)n1. The summed E-state index contributed by atoms with van der Waals surface area (Å²) in [6.45, 7) is 7.63. The standard InChI is InChI=1S/C12H20N4O/c1-3-10(2)14-12-13-5-4-11(15-12)16-6-8-17-9-7-16/h4-5,10H,3,6-9H2,1-2H3,(H,13,14,15). The summed E-state index contributed by atoms with van der Waals surface area (Å²) in [7, 11) is 0. The maximum Gasteiger partial charge on any atom is 0.224 e. The molecule has 17 heavy (non-hydrogen) atoms. The highest BCUT2D eigenvalue weighted by atomic mass is 16.5. The van der Waals surface area contributed by atoms with Gasteiger partial charge in [0.1, 0.15) is 5.82 Å². The van der Waals surface area contributed by atoms with Crippen molar-refractivity contribution in [3.05, 3.63) is 12.3 Å². The van der Waals surface area contributed by atoms with Crippen LogP contribution in [0.5, 0.6) is 0 Å². The Morgan fingerprint density at radius 3 is 2.94 bits per heavy atom. The van der Waals surface area contributed by atoms with Gasteiger partial charge in [0.05, 0.1) is 13.2 Å². The zero-order chi connectivity index (χ0) is 12.1. The van der Waals surface area contributed by atoms with Gasteiger partial charge in [-0.2, -0.15) is 4.98 Å². The molecule has 1 aliphatic heterocycles. The van der Waals surface area contributed by atoms with Crippen molar-refractivity contribution in [2.45, 2.75) is 26.3 Å². The van der Waals surface area contributed by atoms with Gasteiger partial charge in [0, 0.05) is 25.3 Å². The van der Waals surface area contributed by atoms with Gasteiger partial charge in [-0.1, -0.05) is 6.92 Å². The minimum Gasteiger partial charge on any atom is -0.378 e. The number of aromatic nitrogens is 2. The van der Waals surface area contributed by atoms with Crippen molar-refractivity contribution in [1.82, 2.24) is 9.97 Å². The van der Waals surface area contributed by atoms with Crippen molar-refractivity contribution in [1.29, 1.82) is 0 Å². The van der Waals surface area contributed by atoms with Crippen LogP contribution in [-0.4, -0.2) is 42.3 Å². The minimum absolute atomic E-state index is 0.398. The lowest BCUT2D eigenvalue weighted by Gasteiger charge is -2.28. The first-order chi connectivity index (χ1) is 8.29. The van der Waals surface area contributed by atoms with Crippen LogP contribution in [0, 0.1) is 0 Å². The molecule has 1 saturated heterocycles. The highest BCUT2D eigenvalue weighted by molar-refractivity contribution is 5.43. The van der Waals surface area contributed by atoms with Gasteiger partial charge in [0.25, 0.3) is 0 Å². The third kappa shape index (κ3) is 3.30. The largest absolute Gasteiger partial charge is 0.378 e. The predicted octanol–water partition coefficient (Wildman–Crippen LogP) is 1.52. The Hall–Kier alpha value is -1.36. The zero-order valence-corrected chi connectivity index (χ0v) is 10.5. The highest BCUT2D eigenvalue weighted by Gasteiger charge is 2.13. The van der Waals surface area contributed by atoms with Crippen LogP contribution in [0.3, 0.4) is 0 Å². The Morgan fingerprint density at radius 1 is 1.47 bits per heavy atom. The van der Waals surface area contributed by atoms with Gasteiger partial charge in [-0.15, -0.1) is 0 Å². The van der Waals surface area contributed by atoms with E-state index in [1.54, 1.807) is 0 Å². The quantitative estimate of drug-likeness (QED) is 0.859. The maximum absolute atomic E-state index is 5.33. The van der Waals surface area contributed by atoms with Gasteiger partial charge in [0.2, 0.25) is 5.95 Å². The van der Waals surface area contributed by atoms with E-state index in [2.05, 4.69) is 34.0 Å². The molecule has 1 unspecified atom stereocenters. The van der Waals surface area contributed by atoms with Gasteiger partial charge >= 0.3 is 0 Å². The van der Waals surface area contributed by atoms with Crippen LogP contribution < -0.4 is 10.2 Å². The van der Waals surface area contributed by atoms with E-state index in [0.717, 1.165) is 38.5 Å². The van der Waals surface area contributed by atoms with Crippen molar-refractivity contribution >= 4 is 11.8 Å². The highest BCUT2D eigenvalue weighted by Crippen LogP contribution is 2.14. The molecule has 2 rings (SSSR count). The molecule has 1 aromatic rings. The van der Waals surface area contributed by atoms with Gasteiger partial charge in [-0.05, 0) is 19.4 Å². The van der Waals surface area contributed by atoms with Crippen molar-refractivity contribution in [2.24, 2.45) is 0 Å². The first-order valence-corrected chi connectivity index (χ1v) is 6.22. The van der Waals surface area contributed by atoms with E-state index in [0.29, 0.717) is 12.0 Å². The molecule has 2 heterocycles. The average Bonchev–Trinajstić information content (AvgIpc) is 2.40. The number of morpholine rings is 1. The first-order valence-electron chi connectivity index (χ1n) is 6.22. The van der Waals surface area contributed by atoms with Gasteiger partial charge in [-0.25, -0.2) is 4.98 Å². The summed E-state index contributed by atoms with van der Waals surface area (Å²) in [6, 6.07) is 2.35. The molecule has 0 aliphatic carbocycles. The summed E-state index contributed by atoms with van der Waals surface area (Å²) in [6.07, 6.45) is 2.87. The lowest BCUT2D eigenvalue weighted by Crippen LogP contribution is -2.36. The summed E-state index contributed by atoms with van der Waals surface area (Å²) < 4.78 is 5.33.